The first kappa shape index (κ1) is 51.9. The van der Waals surface area contributed by atoms with Crippen molar-refractivity contribution in [2.45, 2.75) is 19.8 Å². The molecule has 418 valence electrons. The van der Waals surface area contributed by atoms with E-state index in [4.69, 9.17) is 9.97 Å². The summed E-state index contributed by atoms with van der Waals surface area (Å²) in [6.45, 7) is 4.31. The van der Waals surface area contributed by atoms with Crippen LogP contribution in [-0.2, 0) is 0 Å². The van der Waals surface area contributed by atoms with Crippen LogP contribution in [0.4, 0.5) is 0 Å². The summed E-state index contributed by atoms with van der Waals surface area (Å²) in [6, 6.07) is 114. The molecule has 16 aromatic rings. The van der Waals surface area contributed by atoms with E-state index in [-0.39, 0.29) is 5.92 Å². The topological polar surface area (TPSA) is 35.6 Å². The maximum absolute atomic E-state index is 5.58. The predicted octanol–water partition coefficient (Wildman–Crippen LogP) is 22.1. The summed E-state index contributed by atoms with van der Waals surface area (Å²) in [5.41, 5.74) is 29.3. The van der Waals surface area contributed by atoms with Crippen LogP contribution in [0.3, 0.4) is 0 Å². The SMILES string of the molecule is Cc1ccc(-c2ccc3c(c2)c2cc(-c4ccc(C)cc4)ccc2n3-c2c(-c3cccc(C4c5ccccc5-c5ccccc54)c3)cc(-c3cc(-c4ccccc4)nc(-c4ccccc4)n3)cc2-c2cccc(-n3c4ccccc4c4ccccc43)c2)cc1. The monoisotopic (exact) mass is 1130 g/mol. The summed E-state index contributed by atoms with van der Waals surface area (Å²) < 4.78 is 5.00. The molecule has 4 nitrogen and oxygen atoms in total. The highest BCUT2D eigenvalue weighted by molar-refractivity contribution is 6.14. The molecule has 0 radical (unpaired) electrons. The summed E-state index contributed by atoms with van der Waals surface area (Å²) in [5.74, 6) is 0.702. The first-order valence-corrected chi connectivity index (χ1v) is 30.7. The van der Waals surface area contributed by atoms with Crippen LogP contribution in [0, 0.1) is 13.8 Å². The maximum Gasteiger partial charge on any atom is 0.160 e. The number of para-hydroxylation sites is 2. The Morgan fingerprint density at radius 2 is 0.719 bits per heavy atom. The van der Waals surface area contributed by atoms with E-state index in [2.05, 4.69) is 326 Å². The number of benzene rings is 13. The molecule has 17 rings (SSSR count). The molecule has 0 bridgehead atoms. The van der Waals surface area contributed by atoms with Gasteiger partial charge < -0.3 is 9.13 Å². The van der Waals surface area contributed by atoms with Crippen LogP contribution in [-0.4, -0.2) is 19.1 Å². The van der Waals surface area contributed by atoms with Crippen LogP contribution >= 0.6 is 0 Å². The van der Waals surface area contributed by atoms with E-state index in [1.54, 1.807) is 0 Å². The zero-order valence-corrected chi connectivity index (χ0v) is 49.3. The van der Waals surface area contributed by atoms with Gasteiger partial charge >= 0.3 is 0 Å². The summed E-state index contributed by atoms with van der Waals surface area (Å²) >= 11 is 0. The quantitative estimate of drug-likeness (QED) is 0.137. The van der Waals surface area contributed by atoms with E-state index in [0.29, 0.717) is 5.82 Å². The first-order chi connectivity index (χ1) is 43.9. The molecule has 0 fully saturated rings. The molecule has 0 saturated carbocycles. The third-order valence-corrected chi connectivity index (χ3v) is 18.4. The highest BCUT2D eigenvalue weighted by atomic mass is 15.0. The molecule has 3 heterocycles. The largest absolute Gasteiger partial charge is 0.309 e. The van der Waals surface area contributed by atoms with Crippen LogP contribution < -0.4 is 0 Å². The second-order valence-electron chi connectivity index (χ2n) is 23.8. The van der Waals surface area contributed by atoms with Crippen molar-refractivity contribution < 1.29 is 0 Å². The van der Waals surface area contributed by atoms with Crippen molar-refractivity contribution in [1.29, 1.82) is 0 Å². The average molecular weight is 1140 g/mol. The second-order valence-corrected chi connectivity index (χ2v) is 23.8. The summed E-state index contributed by atoms with van der Waals surface area (Å²) in [5, 5.41) is 4.79. The van der Waals surface area contributed by atoms with E-state index in [1.165, 1.54) is 82.7 Å². The van der Waals surface area contributed by atoms with Gasteiger partial charge in [0.25, 0.3) is 0 Å². The van der Waals surface area contributed by atoms with Gasteiger partial charge in [0.2, 0.25) is 0 Å². The zero-order valence-electron chi connectivity index (χ0n) is 49.3. The van der Waals surface area contributed by atoms with Gasteiger partial charge in [0.15, 0.2) is 5.82 Å². The Morgan fingerprint density at radius 3 is 1.29 bits per heavy atom. The Labute approximate surface area is 517 Å². The van der Waals surface area contributed by atoms with Gasteiger partial charge in [-0.3, -0.25) is 0 Å². The molecule has 4 heteroatoms. The normalized spacial score (nSPS) is 12.1. The summed E-state index contributed by atoms with van der Waals surface area (Å²) in [7, 11) is 0. The number of hydrogen-bond donors (Lipinski definition) is 0. The number of fused-ring (bicyclic) bond motifs is 9. The van der Waals surface area contributed by atoms with E-state index in [1.807, 2.05) is 6.07 Å². The molecule has 13 aromatic carbocycles. The fraction of sp³-hybridized carbons (Fsp3) is 0.0353. The summed E-state index contributed by atoms with van der Waals surface area (Å²) in [6.07, 6.45) is 0. The number of nitrogens with zero attached hydrogens (tertiary/aromatic N) is 4. The molecule has 89 heavy (non-hydrogen) atoms. The van der Waals surface area contributed by atoms with Crippen LogP contribution in [0.5, 0.6) is 0 Å². The highest BCUT2D eigenvalue weighted by Crippen LogP contribution is 2.51. The van der Waals surface area contributed by atoms with Gasteiger partial charge in [-0.1, -0.05) is 254 Å². The molecule has 0 atom stereocenters. The molecule has 0 spiro atoms. The van der Waals surface area contributed by atoms with E-state index in [9.17, 15) is 0 Å². The second kappa shape index (κ2) is 21.2. The molecule has 0 unspecified atom stereocenters. The van der Waals surface area contributed by atoms with Crippen molar-refractivity contribution in [2.24, 2.45) is 0 Å². The maximum atomic E-state index is 5.58. The molecule has 0 amide bonds. The molecule has 1 aliphatic rings. The Kier molecular flexibility index (Phi) is 12.4. The number of aryl methyl sites for hydroxylation is 2. The van der Waals surface area contributed by atoms with E-state index < -0.39 is 0 Å². The third kappa shape index (κ3) is 8.90. The fourth-order valence-electron chi connectivity index (χ4n) is 14.1. The highest BCUT2D eigenvalue weighted by Gasteiger charge is 2.31. The minimum Gasteiger partial charge on any atom is -0.309 e. The number of hydrogen-bond acceptors (Lipinski definition) is 2. The van der Waals surface area contributed by atoms with Gasteiger partial charge in [0, 0.05) is 61.0 Å². The molecular formula is C85H58N4. The van der Waals surface area contributed by atoms with Crippen molar-refractivity contribution >= 4 is 43.6 Å². The minimum absolute atomic E-state index is 0.0358. The lowest BCUT2D eigenvalue weighted by atomic mass is 9.86. The Morgan fingerprint density at radius 1 is 0.270 bits per heavy atom. The third-order valence-electron chi connectivity index (χ3n) is 18.4. The van der Waals surface area contributed by atoms with Crippen LogP contribution in [0.1, 0.15) is 33.7 Å². The van der Waals surface area contributed by atoms with Crippen LogP contribution in [0.25, 0.3) is 145 Å². The Balaban J connectivity index is 1.00. The lowest BCUT2D eigenvalue weighted by Gasteiger charge is -2.23. The van der Waals surface area contributed by atoms with E-state index in [0.717, 1.165) is 83.8 Å². The lowest BCUT2D eigenvalue weighted by Crippen LogP contribution is -2.04. The molecular weight excluding hydrogens is 1080 g/mol. The smallest absolute Gasteiger partial charge is 0.160 e. The lowest BCUT2D eigenvalue weighted by molar-refractivity contribution is 1.02. The van der Waals surface area contributed by atoms with Crippen molar-refractivity contribution in [1.82, 2.24) is 19.1 Å². The molecule has 3 aromatic heterocycles. The van der Waals surface area contributed by atoms with Crippen molar-refractivity contribution in [2.75, 3.05) is 0 Å². The van der Waals surface area contributed by atoms with Gasteiger partial charge in [0.1, 0.15) is 0 Å². The van der Waals surface area contributed by atoms with Crippen LogP contribution in [0.2, 0.25) is 0 Å². The van der Waals surface area contributed by atoms with Gasteiger partial charge in [-0.25, -0.2) is 9.97 Å². The van der Waals surface area contributed by atoms with Gasteiger partial charge in [-0.2, -0.15) is 0 Å². The predicted molar refractivity (Wildman–Crippen MR) is 371 cm³/mol. The number of aromatic nitrogens is 4. The van der Waals surface area contributed by atoms with Crippen molar-refractivity contribution in [3.05, 3.63) is 337 Å². The van der Waals surface area contributed by atoms with Gasteiger partial charge in [-0.15, -0.1) is 0 Å². The molecule has 1 aliphatic carbocycles. The van der Waals surface area contributed by atoms with Crippen molar-refractivity contribution in [3.63, 3.8) is 0 Å². The summed E-state index contributed by atoms with van der Waals surface area (Å²) in [4.78, 5) is 10.9. The average Bonchev–Trinajstić information content (AvgIpc) is 1.68. The van der Waals surface area contributed by atoms with Crippen LogP contribution in [0.15, 0.2) is 309 Å². The Bertz CT molecular complexity index is 5180. The minimum atomic E-state index is 0.0358. The van der Waals surface area contributed by atoms with Gasteiger partial charge in [0.05, 0.1) is 39.1 Å². The first-order valence-electron chi connectivity index (χ1n) is 30.7. The zero-order chi connectivity index (χ0) is 59.1. The number of rotatable bonds is 10. The van der Waals surface area contributed by atoms with Gasteiger partial charge in [-0.05, 0) is 142 Å². The molecule has 0 saturated heterocycles. The molecule has 0 N–H and O–H groups in total. The Hall–Kier alpha value is -11.5. The standard InChI is InChI=1S/C85H58N4/c1-54-35-39-56(40-36-54)60-43-45-81-75(49-60)76-50-61(57-41-37-55(2)38-42-57)44-46-82(76)89(81)84-73(62-23-17-25-64(47-62)83-71-31-11-9-27-67(71)68-28-10-12-32-72(68)83)51-65(78-53-77(58-19-5-3-6-20-58)86-85(87-78)59-21-7-4-8-22-59)52-74(84)63-24-18-26-66(48-63)88-79-33-15-13-29-69(79)70-30-14-16-34-80(70)88/h3-53,83H,1-2H3. The molecule has 0 aliphatic heterocycles. The van der Waals surface area contributed by atoms with E-state index >= 15 is 0 Å². The fourth-order valence-corrected chi connectivity index (χ4v) is 14.1. The van der Waals surface area contributed by atoms with Crippen molar-refractivity contribution in [3.8, 4) is 101 Å².